The Hall–Kier alpha value is -1.35. The minimum atomic E-state index is -0.527. The molecule has 1 aromatic carbocycles. The molecular formula is C12H11FO2. The highest BCUT2D eigenvalue weighted by molar-refractivity contribution is 5.77. The lowest BCUT2D eigenvalue weighted by Gasteiger charge is -2.03. The van der Waals surface area contributed by atoms with Gasteiger partial charge in [0.2, 0.25) is 0 Å². The van der Waals surface area contributed by atoms with E-state index >= 15 is 0 Å². The summed E-state index contributed by atoms with van der Waals surface area (Å²) in [5.41, 5.74) is 0.631. The fraction of sp³-hybridized carbons (Fsp3) is 0.333. The molecule has 0 aliphatic heterocycles. The van der Waals surface area contributed by atoms with Gasteiger partial charge in [0, 0.05) is 5.39 Å². The highest BCUT2D eigenvalue weighted by atomic mass is 19.1. The summed E-state index contributed by atoms with van der Waals surface area (Å²) >= 11 is 0. The first kappa shape index (κ1) is 8.92. The number of fused-ring (bicyclic) bond motifs is 1. The van der Waals surface area contributed by atoms with E-state index in [9.17, 15) is 9.50 Å². The van der Waals surface area contributed by atoms with Crippen LogP contribution in [0.3, 0.4) is 0 Å². The predicted octanol–water partition coefficient (Wildman–Crippen LogP) is 3.02. The molecule has 0 amide bonds. The van der Waals surface area contributed by atoms with E-state index in [4.69, 9.17) is 4.42 Å². The number of benzene rings is 1. The van der Waals surface area contributed by atoms with Gasteiger partial charge in [0.1, 0.15) is 23.3 Å². The number of hydrogen-bond donors (Lipinski definition) is 1. The molecule has 0 spiro atoms. The lowest BCUT2D eigenvalue weighted by Crippen LogP contribution is -1.96. The molecule has 2 aromatic rings. The van der Waals surface area contributed by atoms with Gasteiger partial charge in [-0.05, 0) is 43.0 Å². The number of aliphatic hydroxyl groups is 1. The van der Waals surface area contributed by atoms with Crippen molar-refractivity contribution in [1.29, 1.82) is 0 Å². The van der Waals surface area contributed by atoms with Crippen LogP contribution in [0.1, 0.15) is 24.7 Å². The molecule has 78 valence electrons. The Morgan fingerprint density at radius 1 is 1.33 bits per heavy atom. The van der Waals surface area contributed by atoms with Crippen LogP contribution in [0.4, 0.5) is 4.39 Å². The molecule has 1 aliphatic carbocycles. The maximum Gasteiger partial charge on any atom is 0.134 e. The second-order valence-corrected chi connectivity index (χ2v) is 4.11. The predicted molar refractivity (Wildman–Crippen MR) is 53.9 cm³/mol. The standard InChI is InChI=1S/C12H11FO2/c13-9-3-4-10-8(5-9)6-11(15-10)12(14)7-1-2-7/h3-7,12,14H,1-2H2. The third kappa shape index (κ3) is 1.53. The van der Waals surface area contributed by atoms with E-state index in [1.165, 1.54) is 12.1 Å². The van der Waals surface area contributed by atoms with E-state index in [-0.39, 0.29) is 5.82 Å². The molecule has 1 aliphatic rings. The number of halogens is 1. The van der Waals surface area contributed by atoms with Crippen LogP contribution in [0.25, 0.3) is 11.0 Å². The molecular weight excluding hydrogens is 195 g/mol. The van der Waals surface area contributed by atoms with Crippen LogP contribution < -0.4 is 0 Å². The number of hydrogen-bond acceptors (Lipinski definition) is 2. The van der Waals surface area contributed by atoms with E-state index in [1.54, 1.807) is 12.1 Å². The van der Waals surface area contributed by atoms with Crippen molar-refractivity contribution in [3.63, 3.8) is 0 Å². The Balaban J connectivity index is 2.05. The smallest absolute Gasteiger partial charge is 0.134 e. The summed E-state index contributed by atoms with van der Waals surface area (Å²) in [5.74, 6) is 0.601. The summed E-state index contributed by atoms with van der Waals surface area (Å²) in [5, 5.41) is 10.6. The molecule has 0 radical (unpaired) electrons. The van der Waals surface area contributed by atoms with Crippen molar-refractivity contribution >= 4 is 11.0 Å². The molecule has 0 bridgehead atoms. The summed E-state index contributed by atoms with van der Waals surface area (Å²) in [4.78, 5) is 0. The summed E-state index contributed by atoms with van der Waals surface area (Å²) in [7, 11) is 0. The van der Waals surface area contributed by atoms with Gasteiger partial charge in [0.15, 0.2) is 0 Å². The van der Waals surface area contributed by atoms with E-state index in [1.807, 2.05) is 0 Å². The summed E-state index contributed by atoms with van der Waals surface area (Å²) in [6.07, 6.45) is 1.57. The molecule has 1 heterocycles. The van der Waals surface area contributed by atoms with E-state index in [0.717, 1.165) is 12.8 Å². The molecule has 15 heavy (non-hydrogen) atoms. The zero-order chi connectivity index (χ0) is 10.4. The van der Waals surface area contributed by atoms with Crippen molar-refractivity contribution in [2.75, 3.05) is 0 Å². The minimum absolute atomic E-state index is 0.282. The maximum atomic E-state index is 12.9. The van der Waals surface area contributed by atoms with Crippen molar-refractivity contribution in [3.05, 3.63) is 35.8 Å². The minimum Gasteiger partial charge on any atom is -0.458 e. The molecule has 2 nitrogen and oxygen atoms in total. The van der Waals surface area contributed by atoms with E-state index in [0.29, 0.717) is 22.6 Å². The third-order valence-corrected chi connectivity index (χ3v) is 2.86. The average molecular weight is 206 g/mol. The Bertz CT molecular complexity index is 499. The van der Waals surface area contributed by atoms with Gasteiger partial charge in [-0.25, -0.2) is 4.39 Å². The molecule has 3 heteroatoms. The number of rotatable bonds is 2. The first-order valence-corrected chi connectivity index (χ1v) is 5.11. The number of furan rings is 1. The third-order valence-electron chi connectivity index (χ3n) is 2.86. The topological polar surface area (TPSA) is 33.4 Å². The van der Waals surface area contributed by atoms with Crippen LogP contribution in [0.5, 0.6) is 0 Å². The summed E-state index contributed by atoms with van der Waals surface area (Å²) in [6.45, 7) is 0. The van der Waals surface area contributed by atoms with Crippen molar-refractivity contribution in [2.45, 2.75) is 18.9 Å². The fourth-order valence-corrected chi connectivity index (χ4v) is 1.82. The van der Waals surface area contributed by atoms with Gasteiger partial charge in [0.05, 0.1) is 0 Å². The second-order valence-electron chi connectivity index (χ2n) is 4.11. The van der Waals surface area contributed by atoms with Crippen molar-refractivity contribution in [1.82, 2.24) is 0 Å². The molecule has 1 fully saturated rings. The largest absolute Gasteiger partial charge is 0.458 e. The SMILES string of the molecule is OC(c1cc2cc(F)ccc2o1)C1CC1. The quantitative estimate of drug-likeness (QED) is 0.819. The molecule has 1 N–H and O–H groups in total. The lowest BCUT2D eigenvalue weighted by atomic mass is 10.1. The van der Waals surface area contributed by atoms with Crippen LogP contribution >= 0.6 is 0 Å². The molecule has 1 saturated carbocycles. The molecule has 0 saturated heterocycles. The highest BCUT2D eigenvalue weighted by Gasteiger charge is 2.32. The number of aliphatic hydroxyl groups excluding tert-OH is 1. The molecule has 1 atom stereocenters. The Kier molecular flexibility index (Phi) is 1.83. The Labute approximate surface area is 86.3 Å². The van der Waals surface area contributed by atoms with Crippen LogP contribution in [-0.4, -0.2) is 5.11 Å². The summed E-state index contributed by atoms with van der Waals surface area (Å²) in [6, 6.07) is 6.09. The second kappa shape index (κ2) is 3.07. The monoisotopic (exact) mass is 206 g/mol. The average Bonchev–Trinajstić information content (AvgIpc) is 2.97. The van der Waals surface area contributed by atoms with Gasteiger partial charge in [-0.1, -0.05) is 0 Å². The Morgan fingerprint density at radius 2 is 2.13 bits per heavy atom. The highest BCUT2D eigenvalue weighted by Crippen LogP contribution is 2.42. The van der Waals surface area contributed by atoms with Crippen molar-refractivity contribution < 1.29 is 13.9 Å². The van der Waals surface area contributed by atoms with Gasteiger partial charge in [-0.2, -0.15) is 0 Å². The Morgan fingerprint density at radius 3 is 2.87 bits per heavy atom. The van der Waals surface area contributed by atoms with E-state index < -0.39 is 6.10 Å². The van der Waals surface area contributed by atoms with Gasteiger partial charge in [-0.15, -0.1) is 0 Å². The van der Waals surface area contributed by atoms with Gasteiger partial charge in [-0.3, -0.25) is 0 Å². The van der Waals surface area contributed by atoms with Crippen LogP contribution in [0.2, 0.25) is 0 Å². The first-order chi connectivity index (χ1) is 7.24. The summed E-state index contributed by atoms with van der Waals surface area (Å²) < 4.78 is 18.4. The maximum absolute atomic E-state index is 12.9. The molecule has 1 aromatic heterocycles. The van der Waals surface area contributed by atoms with Gasteiger partial charge in [0.25, 0.3) is 0 Å². The zero-order valence-electron chi connectivity index (χ0n) is 8.11. The van der Waals surface area contributed by atoms with E-state index in [2.05, 4.69) is 0 Å². The van der Waals surface area contributed by atoms with Crippen LogP contribution in [-0.2, 0) is 0 Å². The van der Waals surface area contributed by atoms with Crippen LogP contribution in [0.15, 0.2) is 28.7 Å². The van der Waals surface area contributed by atoms with Gasteiger partial charge < -0.3 is 9.52 Å². The molecule has 1 unspecified atom stereocenters. The van der Waals surface area contributed by atoms with Crippen molar-refractivity contribution in [3.8, 4) is 0 Å². The van der Waals surface area contributed by atoms with Crippen molar-refractivity contribution in [2.24, 2.45) is 5.92 Å². The normalized spacial score (nSPS) is 18.3. The van der Waals surface area contributed by atoms with Crippen LogP contribution in [0, 0.1) is 11.7 Å². The van der Waals surface area contributed by atoms with Gasteiger partial charge >= 0.3 is 0 Å². The lowest BCUT2D eigenvalue weighted by molar-refractivity contribution is 0.129. The zero-order valence-corrected chi connectivity index (χ0v) is 8.11. The molecule has 3 rings (SSSR count). The first-order valence-electron chi connectivity index (χ1n) is 5.11. The fourth-order valence-electron chi connectivity index (χ4n) is 1.82.